The summed E-state index contributed by atoms with van der Waals surface area (Å²) in [6.07, 6.45) is 1.39. The van der Waals surface area contributed by atoms with Crippen molar-refractivity contribution in [3.63, 3.8) is 0 Å². The number of nitrogens with zero attached hydrogens (tertiary/aromatic N) is 2. The highest BCUT2D eigenvalue weighted by atomic mass is 35.5. The Morgan fingerprint density at radius 1 is 1.21 bits per heavy atom. The van der Waals surface area contributed by atoms with Gasteiger partial charge in [-0.2, -0.15) is 0 Å². The van der Waals surface area contributed by atoms with Crippen LogP contribution in [-0.4, -0.2) is 40.5 Å². The van der Waals surface area contributed by atoms with Crippen LogP contribution in [0, 0.1) is 5.92 Å². The lowest BCUT2D eigenvalue weighted by Gasteiger charge is -2.18. The molecule has 33 heavy (non-hydrogen) atoms. The summed E-state index contributed by atoms with van der Waals surface area (Å²) in [5, 5.41) is 24.9. The van der Waals surface area contributed by atoms with Crippen LogP contribution in [-0.2, 0) is 9.53 Å². The Labute approximate surface area is 195 Å². The summed E-state index contributed by atoms with van der Waals surface area (Å²) in [5.41, 5.74) is 1.87. The quantitative estimate of drug-likeness (QED) is 0.389. The molecule has 1 aromatic carbocycles. The van der Waals surface area contributed by atoms with E-state index in [1.54, 1.807) is 31.2 Å². The molecule has 0 fully saturated rings. The number of carboxylic acid groups (broad SMARTS) is 1. The van der Waals surface area contributed by atoms with Gasteiger partial charge in [0.05, 0.1) is 30.5 Å². The predicted molar refractivity (Wildman–Crippen MR) is 125 cm³/mol. The third-order valence-electron chi connectivity index (χ3n) is 4.60. The van der Waals surface area contributed by atoms with E-state index >= 15 is 0 Å². The molecule has 0 spiro atoms. The second-order valence-corrected chi connectivity index (χ2v) is 7.25. The van der Waals surface area contributed by atoms with Crippen LogP contribution in [0.5, 0.6) is 0 Å². The number of anilines is 2. The molecule has 0 saturated heterocycles. The Hall–Kier alpha value is -3.92. The highest BCUT2D eigenvalue weighted by Gasteiger charge is 2.21. The molecule has 2 atom stereocenters. The Balaban J connectivity index is 2.57. The van der Waals surface area contributed by atoms with E-state index in [9.17, 15) is 14.4 Å². The molecule has 174 valence electrons. The van der Waals surface area contributed by atoms with Crippen LogP contribution in [0.2, 0.25) is 5.15 Å². The first-order valence-electron chi connectivity index (χ1n) is 9.76. The minimum Gasteiger partial charge on any atom is -0.465 e. The Bertz CT molecular complexity index is 1080. The van der Waals surface area contributed by atoms with E-state index in [4.69, 9.17) is 16.7 Å². The van der Waals surface area contributed by atoms with Gasteiger partial charge in [-0.05, 0) is 30.7 Å². The molecule has 4 N–H and O–H groups in total. The first-order valence-corrected chi connectivity index (χ1v) is 10.1. The number of rotatable bonds is 9. The van der Waals surface area contributed by atoms with Gasteiger partial charge in [0.25, 0.3) is 0 Å². The lowest BCUT2D eigenvalue weighted by molar-refractivity contribution is -0.118. The SMILES string of the molecule is C=CC[C@H](NC(=O)O)c1cc(-c2ccc(NC(=O)OC)cc2NC(=O)C(C)C=C)nnc1Cl. The Morgan fingerprint density at radius 2 is 1.94 bits per heavy atom. The zero-order chi connectivity index (χ0) is 24.5. The molecule has 0 aliphatic rings. The zero-order valence-corrected chi connectivity index (χ0v) is 18.8. The summed E-state index contributed by atoms with van der Waals surface area (Å²) in [6.45, 7) is 8.94. The van der Waals surface area contributed by atoms with Gasteiger partial charge in [-0.1, -0.05) is 30.7 Å². The minimum atomic E-state index is -1.24. The summed E-state index contributed by atoms with van der Waals surface area (Å²) < 4.78 is 4.60. The van der Waals surface area contributed by atoms with E-state index in [0.717, 1.165) is 0 Å². The molecule has 10 nitrogen and oxygen atoms in total. The van der Waals surface area contributed by atoms with Crippen molar-refractivity contribution in [3.8, 4) is 11.3 Å². The third kappa shape index (κ3) is 6.78. The van der Waals surface area contributed by atoms with E-state index in [1.807, 2.05) is 0 Å². The summed E-state index contributed by atoms with van der Waals surface area (Å²) in [6, 6.07) is 5.61. The van der Waals surface area contributed by atoms with Crippen LogP contribution in [0.25, 0.3) is 11.3 Å². The fraction of sp³-hybridized carbons (Fsp3) is 0.227. The third-order valence-corrected chi connectivity index (χ3v) is 4.90. The van der Waals surface area contributed by atoms with Crippen LogP contribution in [0.1, 0.15) is 24.9 Å². The first-order chi connectivity index (χ1) is 15.7. The maximum Gasteiger partial charge on any atom is 0.411 e. The van der Waals surface area contributed by atoms with E-state index < -0.39 is 24.1 Å². The topological polar surface area (TPSA) is 143 Å². The molecule has 2 aromatic rings. The standard InChI is InChI=1S/C22H24ClN5O5/c1-5-7-16(26-21(30)31)15-11-18(27-28-19(15)23)14-9-8-13(24-22(32)33-4)10-17(14)25-20(29)12(3)6-2/h5-6,8-12,16,26H,1-2,7H2,3-4H3,(H,24,32)(H,25,29)(H,30,31)/t12?,16-/m0/s1. The van der Waals surface area contributed by atoms with E-state index in [2.05, 4.69) is 44.0 Å². The Kier molecular flexibility index (Phi) is 8.93. The van der Waals surface area contributed by atoms with E-state index in [0.29, 0.717) is 28.2 Å². The molecule has 2 rings (SSSR count). The van der Waals surface area contributed by atoms with Crippen molar-refractivity contribution in [1.82, 2.24) is 15.5 Å². The minimum absolute atomic E-state index is 0.0224. The second kappa shape index (κ2) is 11.6. The average Bonchev–Trinajstić information content (AvgIpc) is 2.78. The summed E-state index contributed by atoms with van der Waals surface area (Å²) in [7, 11) is 1.23. The normalized spacial score (nSPS) is 12.1. The molecule has 1 aromatic heterocycles. The zero-order valence-electron chi connectivity index (χ0n) is 18.1. The predicted octanol–water partition coefficient (Wildman–Crippen LogP) is 4.62. The van der Waals surface area contributed by atoms with Gasteiger partial charge in [0.2, 0.25) is 5.91 Å². The molecular formula is C22H24ClN5O5. The molecule has 1 heterocycles. The van der Waals surface area contributed by atoms with Crippen LogP contribution >= 0.6 is 11.6 Å². The number of nitrogens with one attached hydrogen (secondary N) is 3. The van der Waals surface area contributed by atoms with Gasteiger partial charge in [-0.15, -0.1) is 23.4 Å². The molecule has 0 bridgehead atoms. The lowest BCUT2D eigenvalue weighted by Crippen LogP contribution is -2.27. The van der Waals surface area contributed by atoms with Crippen molar-refractivity contribution in [3.05, 3.63) is 60.3 Å². The first kappa shape index (κ1) is 25.3. The van der Waals surface area contributed by atoms with Crippen molar-refractivity contribution < 1.29 is 24.2 Å². The molecule has 0 radical (unpaired) electrons. The number of benzene rings is 1. The van der Waals surface area contributed by atoms with Gasteiger partial charge in [-0.25, -0.2) is 9.59 Å². The lowest BCUT2D eigenvalue weighted by atomic mass is 10.0. The van der Waals surface area contributed by atoms with Crippen LogP contribution in [0.3, 0.4) is 0 Å². The number of aromatic nitrogens is 2. The monoisotopic (exact) mass is 473 g/mol. The summed E-state index contributed by atoms with van der Waals surface area (Å²) in [4.78, 5) is 35.3. The number of amides is 3. The number of hydrogen-bond donors (Lipinski definition) is 4. The number of ether oxygens (including phenoxy) is 1. The summed E-state index contributed by atoms with van der Waals surface area (Å²) >= 11 is 6.20. The summed E-state index contributed by atoms with van der Waals surface area (Å²) in [5.74, 6) is -0.820. The van der Waals surface area contributed by atoms with Gasteiger partial charge in [0.1, 0.15) is 0 Å². The van der Waals surface area contributed by atoms with E-state index in [1.165, 1.54) is 19.3 Å². The maximum atomic E-state index is 12.5. The van der Waals surface area contributed by atoms with Crippen molar-refractivity contribution in [2.75, 3.05) is 17.7 Å². The number of methoxy groups -OCH3 is 1. The number of carbonyl (C=O) groups excluding carboxylic acids is 2. The van der Waals surface area contributed by atoms with E-state index in [-0.39, 0.29) is 17.5 Å². The number of hydrogen-bond acceptors (Lipinski definition) is 6. The molecule has 11 heteroatoms. The maximum absolute atomic E-state index is 12.5. The van der Waals surface area contributed by atoms with Gasteiger partial charge < -0.3 is 20.5 Å². The molecular weight excluding hydrogens is 450 g/mol. The van der Waals surface area contributed by atoms with Gasteiger partial charge in [0, 0.05) is 16.8 Å². The van der Waals surface area contributed by atoms with Gasteiger partial charge in [0.15, 0.2) is 5.15 Å². The van der Waals surface area contributed by atoms with Crippen molar-refractivity contribution in [2.24, 2.45) is 5.92 Å². The van der Waals surface area contributed by atoms with Crippen LogP contribution in [0.4, 0.5) is 21.0 Å². The fourth-order valence-corrected chi connectivity index (χ4v) is 3.04. The van der Waals surface area contributed by atoms with Crippen molar-refractivity contribution >= 4 is 41.1 Å². The van der Waals surface area contributed by atoms with Crippen LogP contribution < -0.4 is 16.0 Å². The fourth-order valence-electron chi connectivity index (χ4n) is 2.82. The highest BCUT2D eigenvalue weighted by Crippen LogP contribution is 2.33. The second-order valence-electron chi connectivity index (χ2n) is 6.89. The smallest absolute Gasteiger partial charge is 0.411 e. The number of halogens is 1. The van der Waals surface area contributed by atoms with Crippen LogP contribution in [0.15, 0.2) is 49.6 Å². The molecule has 1 unspecified atom stereocenters. The van der Waals surface area contributed by atoms with Gasteiger partial charge >= 0.3 is 12.2 Å². The largest absolute Gasteiger partial charge is 0.465 e. The number of carbonyl (C=O) groups is 3. The highest BCUT2D eigenvalue weighted by molar-refractivity contribution is 6.30. The van der Waals surface area contributed by atoms with Gasteiger partial charge in [-0.3, -0.25) is 10.1 Å². The Morgan fingerprint density at radius 3 is 2.55 bits per heavy atom. The molecule has 0 aliphatic carbocycles. The molecule has 3 amide bonds. The van der Waals surface area contributed by atoms with Crippen molar-refractivity contribution in [2.45, 2.75) is 19.4 Å². The average molecular weight is 474 g/mol. The molecule has 0 saturated carbocycles. The van der Waals surface area contributed by atoms with Crippen molar-refractivity contribution in [1.29, 1.82) is 0 Å². The molecule has 0 aliphatic heterocycles.